The van der Waals surface area contributed by atoms with E-state index in [4.69, 9.17) is 35.3 Å². The summed E-state index contributed by atoms with van der Waals surface area (Å²) in [6, 6.07) is 2.69. The van der Waals surface area contributed by atoms with Crippen molar-refractivity contribution in [3.63, 3.8) is 0 Å². The maximum Gasteiger partial charge on any atom is 0.409 e. The first-order valence-corrected chi connectivity index (χ1v) is 16.7. The molecule has 2 fully saturated rings. The van der Waals surface area contributed by atoms with Crippen molar-refractivity contribution >= 4 is 41.2 Å². The number of amides is 3. The Labute approximate surface area is 292 Å². The van der Waals surface area contributed by atoms with Gasteiger partial charge in [-0.05, 0) is 44.4 Å². The Balaban J connectivity index is 1.80. The third-order valence-electron chi connectivity index (χ3n) is 9.83. The molecule has 0 aliphatic carbocycles. The molecular formula is C35H48ClN3O10. The van der Waals surface area contributed by atoms with Crippen molar-refractivity contribution in [3.05, 3.63) is 46.5 Å². The number of carbonyl (C=O) groups excluding carboxylic acids is 4. The minimum absolute atomic E-state index is 0.0427. The summed E-state index contributed by atoms with van der Waals surface area (Å²) in [5.74, 6) is -1.57. The molecule has 14 heteroatoms. The second-order valence-electron chi connectivity index (χ2n) is 13.3. The van der Waals surface area contributed by atoms with Crippen LogP contribution in [0.5, 0.6) is 5.75 Å². The number of likely N-dealkylation sites (N-methyl/N-ethyl adjacent to an activating group) is 1. The molecule has 270 valence electrons. The highest BCUT2D eigenvalue weighted by Gasteiger charge is 2.64. The van der Waals surface area contributed by atoms with Gasteiger partial charge in [0.15, 0.2) is 5.72 Å². The number of halogens is 1. The molecule has 3 heterocycles. The van der Waals surface area contributed by atoms with E-state index in [-0.39, 0.29) is 30.2 Å². The Bertz CT molecular complexity index is 1520. The van der Waals surface area contributed by atoms with Crippen LogP contribution >= 0.6 is 11.6 Å². The first-order valence-electron chi connectivity index (χ1n) is 16.3. The first-order chi connectivity index (χ1) is 23.0. The van der Waals surface area contributed by atoms with E-state index in [9.17, 15) is 24.3 Å². The molecule has 4 bridgehead atoms. The van der Waals surface area contributed by atoms with Crippen LogP contribution in [-0.2, 0) is 39.8 Å². The van der Waals surface area contributed by atoms with E-state index in [1.807, 2.05) is 13.0 Å². The number of nitrogens with one attached hydrogen (secondary N) is 1. The van der Waals surface area contributed by atoms with Crippen LogP contribution in [0.15, 0.2) is 35.9 Å². The van der Waals surface area contributed by atoms with Crippen LogP contribution in [0, 0.1) is 5.92 Å². The van der Waals surface area contributed by atoms with Gasteiger partial charge >= 0.3 is 12.1 Å². The number of esters is 1. The molecule has 1 aromatic rings. The molecule has 3 aliphatic rings. The molecule has 8 unspecified atom stereocenters. The third-order valence-corrected chi connectivity index (χ3v) is 10.2. The Morgan fingerprint density at radius 1 is 1.27 bits per heavy atom. The predicted octanol–water partition coefficient (Wildman–Crippen LogP) is 3.92. The Kier molecular flexibility index (Phi) is 11.7. The van der Waals surface area contributed by atoms with Crippen molar-refractivity contribution in [1.82, 2.24) is 10.2 Å². The topological polar surface area (TPSA) is 156 Å². The van der Waals surface area contributed by atoms with Crippen molar-refractivity contribution in [2.24, 2.45) is 5.92 Å². The van der Waals surface area contributed by atoms with Crippen LogP contribution in [0.4, 0.5) is 10.5 Å². The third kappa shape index (κ3) is 8.06. The average molecular weight is 706 g/mol. The number of anilines is 1. The highest BCUT2D eigenvalue weighted by atomic mass is 35.5. The van der Waals surface area contributed by atoms with Crippen molar-refractivity contribution in [3.8, 4) is 5.75 Å². The molecule has 0 spiro atoms. The Morgan fingerprint density at radius 3 is 2.57 bits per heavy atom. The van der Waals surface area contributed by atoms with Crippen LogP contribution in [-0.4, -0.2) is 104 Å². The molecular weight excluding hydrogens is 658 g/mol. The number of aliphatic hydroxyl groups is 1. The van der Waals surface area contributed by atoms with E-state index in [0.717, 1.165) is 11.1 Å². The van der Waals surface area contributed by atoms with Crippen LogP contribution in [0.3, 0.4) is 0 Å². The average Bonchev–Trinajstić information content (AvgIpc) is 3.74. The van der Waals surface area contributed by atoms with Crippen molar-refractivity contribution < 1.29 is 48.0 Å². The quantitative estimate of drug-likeness (QED) is 0.329. The second kappa shape index (κ2) is 15.1. The van der Waals surface area contributed by atoms with Gasteiger partial charge in [0.05, 0.1) is 25.3 Å². The maximum atomic E-state index is 14.0. The summed E-state index contributed by atoms with van der Waals surface area (Å²) in [4.78, 5) is 55.3. The van der Waals surface area contributed by atoms with E-state index in [0.29, 0.717) is 17.9 Å². The smallest absolute Gasteiger partial charge is 0.409 e. The molecule has 1 aromatic carbocycles. The first kappa shape index (κ1) is 38.2. The SMILES string of the molecule is CCC(C(=O)OC1CC(=O)N(C)c2cc(cc(OC)c2Cl)CC(C)=CC=CC(OC)C2(O)CC(OC(=O)N2)C(C)C2OC12C)N(C)C(C)=O. The fourth-order valence-electron chi connectivity index (χ4n) is 6.64. The van der Waals surface area contributed by atoms with Crippen molar-refractivity contribution in [2.75, 3.05) is 33.2 Å². The summed E-state index contributed by atoms with van der Waals surface area (Å²) in [7, 11) is 6.01. The summed E-state index contributed by atoms with van der Waals surface area (Å²) in [5.41, 5.74) is -0.868. The number of benzene rings is 1. The van der Waals surface area contributed by atoms with Gasteiger partial charge in [0.2, 0.25) is 11.8 Å². The van der Waals surface area contributed by atoms with E-state index in [1.165, 1.54) is 38.0 Å². The highest BCUT2D eigenvalue weighted by molar-refractivity contribution is 6.35. The van der Waals surface area contributed by atoms with Crippen LogP contribution in [0.25, 0.3) is 0 Å². The lowest BCUT2D eigenvalue weighted by Gasteiger charge is -2.42. The number of hydrogen-bond acceptors (Lipinski definition) is 10. The monoisotopic (exact) mass is 705 g/mol. The number of ether oxygens (including phenoxy) is 5. The summed E-state index contributed by atoms with van der Waals surface area (Å²) in [6.07, 6.45) is 1.31. The Morgan fingerprint density at radius 2 is 1.96 bits per heavy atom. The fourth-order valence-corrected chi connectivity index (χ4v) is 6.96. The standard InChI is InChI=1S/C35H48ClN3O10/c1-10-23(38(6)21(4)40)32(42)48-28-17-29(41)39(7)24-15-22(16-25(45-8)30(24)36)14-19(2)12-11-13-27(46-9)35(44)18-26(47-33(43)37-35)20(3)31-34(28,5)49-31/h11-13,15-16,20,23,26-28,31,44H,10,14,17-18H2,1-9H3,(H,37,43). The normalized spacial score (nSPS) is 31.0. The molecule has 4 rings (SSSR count). The van der Waals surface area contributed by atoms with Crippen LogP contribution in [0.1, 0.15) is 59.4 Å². The van der Waals surface area contributed by atoms with E-state index in [1.54, 1.807) is 52.1 Å². The molecule has 13 nitrogen and oxygen atoms in total. The lowest BCUT2D eigenvalue weighted by atomic mass is 9.83. The molecule has 0 radical (unpaired) electrons. The largest absolute Gasteiger partial charge is 0.495 e. The zero-order chi connectivity index (χ0) is 36.4. The number of alkyl carbamates (subject to hydrolysis) is 1. The van der Waals surface area contributed by atoms with Gasteiger partial charge in [-0.2, -0.15) is 0 Å². The molecule has 2 N–H and O–H groups in total. The number of fused-ring (bicyclic) bond motifs is 5. The van der Waals surface area contributed by atoms with E-state index >= 15 is 0 Å². The summed E-state index contributed by atoms with van der Waals surface area (Å²) < 4.78 is 29.1. The predicted molar refractivity (Wildman–Crippen MR) is 181 cm³/mol. The number of epoxide rings is 1. The number of methoxy groups -OCH3 is 2. The summed E-state index contributed by atoms with van der Waals surface area (Å²) in [5, 5.41) is 14.4. The van der Waals surface area contributed by atoms with Crippen LogP contribution < -0.4 is 15.0 Å². The zero-order valence-corrected chi connectivity index (χ0v) is 30.3. The second-order valence-corrected chi connectivity index (χ2v) is 13.7. The van der Waals surface area contributed by atoms with Gasteiger partial charge in [-0.3, -0.25) is 14.9 Å². The highest BCUT2D eigenvalue weighted by Crippen LogP contribution is 2.49. The number of allylic oxidation sites excluding steroid dienone is 3. The molecule has 49 heavy (non-hydrogen) atoms. The van der Waals surface area contributed by atoms with Gasteiger partial charge in [0.1, 0.15) is 40.7 Å². The lowest BCUT2D eigenvalue weighted by molar-refractivity contribution is -0.162. The van der Waals surface area contributed by atoms with Gasteiger partial charge in [-0.15, -0.1) is 0 Å². The summed E-state index contributed by atoms with van der Waals surface area (Å²) >= 11 is 6.73. The molecule has 3 aliphatic heterocycles. The minimum Gasteiger partial charge on any atom is -0.495 e. The number of carbonyl (C=O) groups is 4. The summed E-state index contributed by atoms with van der Waals surface area (Å²) in [6.45, 7) is 8.55. The number of hydrogen-bond donors (Lipinski definition) is 2. The minimum atomic E-state index is -1.82. The molecule has 0 aromatic heterocycles. The van der Waals surface area contributed by atoms with Gasteiger partial charge in [0.25, 0.3) is 0 Å². The zero-order valence-electron chi connectivity index (χ0n) is 29.6. The molecule has 3 amide bonds. The number of nitrogens with zero attached hydrogens (tertiary/aromatic N) is 2. The fraction of sp³-hybridized carbons (Fsp3) is 0.600. The van der Waals surface area contributed by atoms with Gasteiger partial charge in [-0.1, -0.05) is 49.2 Å². The van der Waals surface area contributed by atoms with Gasteiger partial charge < -0.3 is 38.6 Å². The van der Waals surface area contributed by atoms with Crippen LogP contribution in [0.2, 0.25) is 5.02 Å². The lowest BCUT2D eigenvalue weighted by Crippen LogP contribution is -2.63. The van der Waals surface area contributed by atoms with Crippen molar-refractivity contribution in [2.45, 2.75) is 102 Å². The maximum absolute atomic E-state index is 14.0. The Hall–Kier alpha value is -3.65. The molecule has 0 saturated carbocycles. The van der Waals surface area contributed by atoms with E-state index in [2.05, 4.69) is 5.32 Å². The van der Waals surface area contributed by atoms with Gasteiger partial charge in [0, 0.05) is 40.5 Å². The number of rotatable bonds is 6. The van der Waals surface area contributed by atoms with Gasteiger partial charge in [-0.25, -0.2) is 9.59 Å². The molecule has 8 atom stereocenters. The molecule has 2 saturated heterocycles. The van der Waals surface area contributed by atoms with E-state index < -0.39 is 65.7 Å². The van der Waals surface area contributed by atoms with Crippen molar-refractivity contribution in [1.29, 1.82) is 0 Å².